The second-order valence-corrected chi connectivity index (χ2v) is 12.2. The molecule has 0 bridgehead atoms. The van der Waals surface area contributed by atoms with Crippen LogP contribution in [0.15, 0.2) is 113 Å². The fraction of sp³-hybridized carbons (Fsp3) is 0.278. The highest BCUT2D eigenvalue weighted by atomic mass is 32.2. The summed E-state index contributed by atoms with van der Waals surface area (Å²) in [5.41, 5.74) is 1.32. The number of thioether (sulfide) groups is 2. The molecule has 0 spiro atoms. The summed E-state index contributed by atoms with van der Waals surface area (Å²) in [5, 5.41) is 4.57. The predicted octanol–water partition coefficient (Wildman–Crippen LogP) is 10.5. The molecule has 0 N–H and O–H groups in total. The Hall–Kier alpha value is -3.08. The zero-order valence-electron chi connectivity index (χ0n) is 23.3. The van der Waals surface area contributed by atoms with Crippen LogP contribution in [-0.2, 0) is 6.42 Å². The predicted molar refractivity (Wildman–Crippen MR) is 175 cm³/mol. The molecule has 0 fully saturated rings. The topological polar surface area (TPSA) is 18.5 Å². The van der Waals surface area contributed by atoms with E-state index in [1.807, 2.05) is 23.5 Å². The first kappa shape index (κ1) is 28.4. The number of unbranched alkanes of at least 4 members (excludes halogenated alkanes) is 2. The van der Waals surface area contributed by atoms with Crippen molar-refractivity contribution in [2.24, 2.45) is 0 Å². The van der Waals surface area contributed by atoms with Crippen LogP contribution in [0.25, 0.3) is 21.5 Å². The zero-order chi connectivity index (χ0) is 27.4. The van der Waals surface area contributed by atoms with Crippen molar-refractivity contribution >= 4 is 45.1 Å². The number of hydrogen-bond acceptors (Lipinski definition) is 4. The van der Waals surface area contributed by atoms with Gasteiger partial charge < -0.3 is 9.47 Å². The fourth-order valence-corrected chi connectivity index (χ4v) is 6.72. The lowest BCUT2D eigenvalue weighted by Gasteiger charge is -2.18. The van der Waals surface area contributed by atoms with Gasteiger partial charge in [0, 0.05) is 31.3 Å². The van der Waals surface area contributed by atoms with Crippen molar-refractivity contribution in [1.29, 1.82) is 0 Å². The Labute approximate surface area is 247 Å². The van der Waals surface area contributed by atoms with Gasteiger partial charge in [-0.15, -0.1) is 23.5 Å². The maximum atomic E-state index is 6.57. The van der Waals surface area contributed by atoms with E-state index in [2.05, 4.69) is 110 Å². The molecule has 0 unspecified atom stereocenters. The van der Waals surface area contributed by atoms with Gasteiger partial charge in [0.05, 0.1) is 13.2 Å². The van der Waals surface area contributed by atoms with Gasteiger partial charge in [-0.3, -0.25) is 0 Å². The molecule has 0 saturated heterocycles. The van der Waals surface area contributed by atoms with Gasteiger partial charge >= 0.3 is 0 Å². The molecule has 0 aliphatic carbocycles. The lowest BCUT2D eigenvalue weighted by molar-refractivity contribution is 0.312. The van der Waals surface area contributed by atoms with Crippen LogP contribution in [0.4, 0.5) is 0 Å². The Balaban J connectivity index is 1.26. The standard InChI is InChI=1S/C36H38O2S2/c1-2-28-21-22-33-34(27-28)36(38-24-12-14-26-40-30-17-7-4-8-18-30)32-20-10-9-19-31(32)35(33)37-23-11-13-25-39-29-15-5-3-6-16-29/h3-10,15-22,27H,2,11-14,23-26H2,1H3. The molecule has 4 heteroatoms. The van der Waals surface area contributed by atoms with E-state index in [4.69, 9.17) is 9.47 Å². The molecule has 5 rings (SSSR count). The van der Waals surface area contributed by atoms with Crippen LogP contribution >= 0.6 is 23.5 Å². The molecule has 206 valence electrons. The fourth-order valence-electron chi connectivity index (χ4n) is 4.85. The van der Waals surface area contributed by atoms with Crippen LogP contribution in [0.2, 0.25) is 0 Å². The molecule has 0 atom stereocenters. The average Bonchev–Trinajstić information content (AvgIpc) is 3.01. The third-order valence-corrected chi connectivity index (χ3v) is 9.19. The highest BCUT2D eigenvalue weighted by molar-refractivity contribution is 7.99. The average molecular weight is 567 g/mol. The van der Waals surface area contributed by atoms with Gasteiger partial charge in [0.2, 0.25) is 0 Å². The summed E-state index contributed by atoms with van der Waals surface area (Å²) >= 11 is 3.83. The summed E-state index contributed by atoms with van der Waals surface area (Å²) in [7, 11) is 0. The number of rotatable bonds is 15. The summed E-state index contributed by atoms with van der Waals surface area (Å²) in [6, 6.07) is 36.6. The SMILES string of the molecule is CCc1ccc2c(OCCCCSc3ccccc3)c3ccccc3c(OCCCCSc3ccccc3)c2c1. The Kier molecular flexibility index (Phi) is 10.7. The van der Waals surface area contributed by atoms with E-state index in [1.54, 1.807) is 0 Å². The van der Waals surface area contributed by atoms with Crippen molar-refractivity contribution in [3.8, 4) is 11.5 Å². The summed E-state index contributed by atoms with van der Waals surface area (Å²) in [6.07, 6.45) is 5.30. The van der Waals surface area contributed by atoms with Gasteiger partial charge in [-0.05, 0) is 79.5 Å². The molecule has 2 nitrogen and oxygen atoms in total. The quantitative estimate of drug-likeness (QED) is 0.0712. The molecule has 0 radical (unpaired) electrons. The van der Waals surface area contributed by atoms with Gasteiger partial charge in [0.1, 0.15) is 11.5 Å². The van der Waals surface area contributed by atoms with Crippen LogP contribution in [-0.4, -0.2) is 24.7 Å². The summed E-state index contributed by atoms with van der Waals surface area (Å²) in [4.78, 5) is 2.66. The number of hydrogen-bond donors (Lipinski definition) is 0. The van der Waals surface area contributed by atoms with Crippen molar-refractivity contribution in [2.45, 2.75) is 48.8 Å². The molecule has 5 aromatic carbocycles. The van der Waals surface area contributed by atoms with E-state index < -0.39 is 0 Å². The minimum Gasteiger partial charge on any atom is -0.492 e. The number of fused-ring (bicyclic) bond motifs is 2. The normalized spacial score (nSPS) is 11.2. The Morgan fingerprint density at radius 1 is 0.500 bits per heavy atom. The van der Waals surface area contributed by atoms with Crippen LogP contribution < -0.4 is 9.47 Å². The van der Waals surface area contributed by atoms with Crippen LogP contribution in [0.5, 0.6) is 11.5 Å². The van der Waals surface area contributed by atoms with Crippen LogP contribution in [0.1, 0.15) is 38.2 Å². The molecule has 0 heterocycles. The first-order valence-electron chi connectivity index (χ1n) is 14.4. The maximum absolute atomic E-state index is 6.57. The highest BCUT2D eigenvalue weighted by Crippen LogP contribution is 2.43. The van der Waals surface area contributed by atoms with E-state index in [0.29, 0.717) is 13.2 Å². The third-order valence-electron chi connectivity index (χ3n) is 6.99. The molecule has 0 aliphatic rings. The van der Waals surface area contributed by atoms with E-state index in [-0.39, 0.29) is 0 Å². The third kappa shape index (κ3) is 7.56. The highest BCUT2D eigenvalue weighted by Gasteiger charge is 2.16. The van der Waals surface area contributed by atoms with Gasteiger partial charge in [0.25, 0.3) is 0 Å². The summed E-state index contributed by atoms with van der Waals surface area (Å²) in [6.45, 7) is 3.63. The monoisotopic (exact) mass is 566 g/mol. The van der Waals surface area contributed by atoms with Gasteiger partial charge in [-0.1, -0.05) is 79.7 Å². The lowest BCUT2D eigenvalue weighted by atomic mass is 9.98. The van der Waals surface area contributed by atoms with Crippen LogP contribution in [0, 0.1) is 0 Å². The molecular formula is C36H38O2S2. The molecule has 0 amide bonds. The Morgan fingerprint density at radius 3 is 1.50 bits per heavy atom. The number of ether oxygens (including phenoxy) is 2. The van der Waals surface area contributed by atoms with Crippen molar-refractivity contribution in [3.05, 3.63) is 109 Å². The minimum atomic E-state index is 0.712. The first-order valence-corrected chi connectivity index (χ1v) is 16.4. The zero-order valence-corrected chi connectivity index (χ0v) is 24.9. The second kappa shape index (κ2) is 15.1. The second-order valence-electron chi connectivity index (χ2n) is 9.87. The largest absolute Gasteiger partial charge is 0.492 e. The van der Waals surface area contributed by atoms with Crippen LogP contribution in [0.3, 0.4) is 0 Å². The minimum absolute atomic E-state index is 0.712. The molecular weight excluding hydrogens is 529 g/mol. The van der Waals surface area contributed by atoms with Crippen molar-refractivity contribution < 1.29 is 9.47 Å². The van der Waals surface area contributed by atoms with Crippen molar-refractivity contribution in [3.63, 3.8) is 0 Å². The number of aryl methyl sites for hydroxylation is 1. The summed E-state index contributed by atoms with van der Waals surface area (Å²) < 4.78 is 13.1. The Bertz CT molecular complexity index is 1490. The Morgan fingerprint density at radius 2 is 0.975 bits per heavy atom. The smallest absolute Gasteiger partial charge is 0.135 e. The van der Waals surface area contributed by atoms with E-state index in [9.17, 15) is 0 Å². The van der Waals surface area contributed by atoms with Crippen molar-refractivity contribution in [1.82, 2.24) is 0 Å². The molecule has 5 aromatic rings. The summed E-state index contributed by atoms with van der Waals surface area (Å²) in [5.74, 6) is 4.18. The van der Waals surface area contributed by atoms with Gasteiger partial charge in [-0.2, -0.15) is 0 Å². The van der Waals surface area contributed by atoms with E-state index >= 15 is 0 Å². The molecule has 0 aliphatic heterocycles. The van der Waals surface area contributed by atoms with Gasteiger partial charge in [0.15, 0.2) is 0 Å². The number of benzene rings is 5. The van der Waals surface area contributed by atoms with Crippen molar-refractivity contribution in [2.75, 3.05) is 24.7 Å². The van der Waals surface area contributed by atoms with E-state index in [1.165, 1.54) is 15.4 Å². The lowest BCUT2D eigenvalue weighted by Crippen LogP contribution is -2.03. The molecule has 0 saturated carbocycles. The first-order chi connectivity index (χ1) is 19.8. The maximum Gasteiger partial charge on any atom is 0.135 e. The molecule has 40 heavy (non-hydrogen) atoms. The molecule has 0 aromatic heterocycles. The van der Waals surface area contributed by atoms with E-state index in [0.717, 1.165) is 76.7 Å². The van der Waals surface area contributed by atoms with Gasteiger partial charge in [-0.25, -0.2) is 0 Å².